The third kappa shape index (κ3) is 5.30. The molecule has 0 aliphatic heterocycles. The van der Waals surface area contributed by atoms with Crippen LogP contribution in [0.25, 0.3) is 0 Å². The fourth-order valence-corrected chi connectivity index (χ4v) is 2.99. The lowest BCUT2D eigenvalue weighted by atomic mass is 9.89. The number of amides is 1. The van der Waals surface area contributed by atoms with E-state index in [9.17, 15) is 4.79 Å². The van der Waals surface area contributed by atoms with Crippen molar-refractivity contribution in [1.29, 1.82) is 0 Å². The van der Waals surface area contributed by atoms with Gasteiger partial charge in [0.05, 0.1) is 5.03 Å². The van der Waals surface area contributed by atoms with Gasteiger partial charge >= 0.3 is 0 Å². The third-order valence-corrected chi connectivity index (χ3v) is 4.34. The standard InChI is InChI=1S/C15H25NOS/c1-4-9-14(18-12(3)5-2)16-15(17)13-10-7-6-8-11-13/h5,9,13H,4,6-8,10-11H2,1-3H3,(H,16,17)/b12-5-,14-9+. The number of hydrogen-bond acceptors (Lipinski definition) is 2. The van der Waals surface area contributed by atoms with E-state index in [0.29, 0.717) is 0 Å². The maximum absolute atomic E-state index is 12.2. The van der Waals surface area contributed by atoms with Gasteiger partial charge in [-0.1, -0.05) is 50.1 Å². The molecule has 102 valence electrons. The van der Waals surface area contributed by atoms with Crippen molar-refractivity contribution in [2.24, 2.45) is 5.92 Å². The lowest BCUT2D eigenvalue weighted by Gasteiger charge is -2.21. The van der Waals surface area contributed by atoms with Gasteiger partial charge in [0.1, 0.15) is 0 Å². The molecule has 0 aromatic heterocycles. The topological polar surface area (TPSA) is 29.1 Å². The van der Waals surface area contributed by atoms with Gasteiger partial charge in [0.25, 0.3) is 0 Å². The Kier molecular flexibility index (Phi) is 7.18. The average Bonchev–Trinajstić information content (AvgIpc) is 2.39. The molecule has 1 aliphatic carbocycles. The van der Waals surface area contributed by atoms with Gasteiger partial charge in [0.2, 0.25) is 5.91 Å². The molecule has 0 aromatic carbocycles. The van der Waals surface area contributed by atoms with Crippen LogP contribution in [0.4, 0.5) is 0 Å². The maximum atomic E-state index is 12.2. The molecule has 0 unspecified atom stereocenters. The summed E-state index contributed by atoms with van der Waals surface area (Å²) < 4.78 is 0. The van der Waals surface area contributed by atoms with Gasteiger partial charge in [-0.2, -0.15) is 0 Å². The van der Waals surface area contributed by atoms with E-state index < -0.39 is 0 Å². The number of nitrogens with one attached hydrogen (secondary N) is 1. The maximum Gasteiger partial charge on any atom is 0.227 e. The van der Waals surface area contributed by atoms with Crippen molar-refractivity contribution in [2.45, 2.75) is 59.3 Å². The van der Waals surface area contributed by atoms with Crippen LogP contribution in [0.5, 0.6) is 0 Å². The quantitative estimate of drug-likeness (QED) is 0.789. The lowest BCUT2D eigenvalue weighted by molar-refractivity contribution is -0.125. The van der Waals surface area contributed by atoms with Crippen molar-refractivity contribution in [1.82, 2.24) is 5.32 Å². The van der Waals surface area contributed by atoms with Crippen LogP contribution in [-0.2, 0) is 4.79 Å². The van der Waals surface area contributed by atoms with Crippen molar-refractivity contribution < 1.29 is 4.79 Å². The molecule has 2 nitrogen and oxygen atoms in total. The van der Waals surface area contributed by atoms with E-state index in [1.54, 1.807) is 11.8 Å². The van der Waals surface area contributed by atoms with Crippen molar-refractivity contribution in [2.75, 3.05) is 0 Å². The molecular weight excluding hydrogens is 242 g/mol. The molecule has 0 heterocycles. The predicted octanol–water partition coefficient (Wildman–Crippen LogP) is 4.59. The zero-order chi connectivity index (χ0) is 13.4. The van der Waals surface area contributed by atoms with E-state index in [4.69, 9.17) is 0 Å². The summed E-state index contributed by atoms with van der Waals surface area (Å²) in [5.41, 5.74) is 0. The van der Waals surface area contributed by atoms with E-state index in [1.807, 2.05) is 6.92 Å². The summed E-state index contributed by atoms with van der Waals surface area (Å²) in [5, 5.41) is 4.09. The number of allylic oxidation sites excluding steroid dienone is 3. The molecule has 3 heteroatoms. The van der Waals surface area contributed by atoms with Crippen LogP contribution in [0.15, 0.2) is 22.1 Å². The Morgan fingerprint density at radius 1 is 1.33 bits per heavy atom. The van der Waals surface area contributed by atoms with E-state index in [-0.39, 0.29) is 11.8 Å². The number of hydrogen-bond donors (Lipinski definition) is 1. The van der Waals surface area contributed by atoms with Gasteiger partial charge in [-0.3, -0.25) is 4.79 Å². The minimum absolute atomic E-state index is 0.214. The van der Waals surface area contributed by atoms with Crippen molar-refractivity contribution in [3.8, 4) is 0 Å². The Balaban J connectivity index is 2.54. The molecular formula is C15H25NOS. The Morgan fingerprint density at radius 2 is 2.00 bits per heavy atom. The number of rotatable bonds is 5. The Hall–Kier alpha value is -0.700. The van der Waals surface area contributed by atoms with Gasteiger partial charge in [-0.15, -0.1) is 0 Å². The molecule has 0 atom stereocenters. The zero-order valence-electron chi connectivity index (χ0n) is 11.8. The van der Waals surface area contributed by atoms with Crippen LogP contribution < -0.4 is 5.32 Å². The van der Waals surface area contributed by atoms with E-state index >= 15 is 0 Å². The first-order valence-corrected chi connectivity index (χ1v) is 7.80. The zero-order valence-corrected chi connectivity index (χ0v) is 12.6. The van der Waals surface area contributed by atoms with Gasteiger partial charge in [-0.05, 0) is 38.0 Å². The van der Waals surface area contributed by atoms with Gasteiger partial charge in [-0.25, -0.2) is 0 Å². The van der Waals surface area contributed by atoms with E-state index in [0.717, 1.165) is 24.3 Å². The first kappa shape index (κ1) is 15.4. The molecule has 1 saturated carbocycles. The van der Waals surface area contributed by atoms with Crippen LogP contribution in [0, 0.1) is 5.92 Å². The predicted molar refractivity (Wildman–Crippen MR) is 80.1 cm³/mol. The fourth-order valence-electron chi connectivity index (χ4n) is 2.12. The molecule has 0 saturated heterocycles. The average molecular weight is 267 g/mol. The highest BCUT2D eigenvalue weighted by molar-refractivity contribution is 8.06. The lowest BCUT2D eigenvalue weighted by Crippen LogP contribution is -2.30. The van der Waals surface area contributed by atoms with Crippen LogP contribution in [0.3, 0.4) is 0 Å². The molecule has 1 amide bonds. The molecule has 1 rings (SSSR count). The second kappa shape index (κ2) is 8.41. The van der Waals surface area contributed by atoms with Crippen molar-refractivity contribution >= 4 is 17.7 Å². The fraction of sp³-hybridized carbons (Fsp3) is 0.667. The summed E-state index contributed by atoms with van der Waals surface area (Å²) in [6.45, 7) is 6.19. The number of thioether (sulfide) groups is 1. The summed E-state index contributed by atoms with van der Waals surface area (Å²) in [7, 11) is 0. The second-order valence-corrected chi connectivity index (χ2v) is 6.09. The van der Waals surface area contributed by atoms with E-state index in [2.05, 4.69) is 31.3 Å². The summed E-state index contributed by atoms with van der Waals surface area (Å²) in [6.07, 6.45) is 10.9. The second-order valence-electron chi connectivity index (χ2n) is 4.80. The highest BCUT2D eigenvalue weighted by Crippen LogP contribution is 2.27. The Labute approximate surface area is 115 Å². The molecule has 1 N–H and O–H groups in total. The van der Waals surface area contributed by atoms with Gasteiger partial charge in [0, 0.05) is 5.92 Å². The molecule has 0 spiro atoms. The largest absolute Gasteiger partial charge is 0.320 e. The Morgan fingerprint density at radius 3 is 2.56 bits per heavy atom. The molecule has 1 aliphatic rings. The summed E-state index contributed by atoms with van der Waals surface area (Å²) >= 11 is 1.65. The van der Waals surface area contributed by atoms with Crippen LogP contribution in [0.1, 0.15) is 59.3 Å². The molecule has 1 fully saturated rings. The SMILES string of the molecule is C/C=C(/C)S/C(=C/CC)NC(=O)C1CCCCC1. The summed E-state index contributed by atoms with van der Waals surface area (Å²) in [6, 6.07) is 0. The Bertz CT molecular complexity index is 327. The number of carbonyl (C=O) groups is 1. The highest BCUT2D eigenvalue weighted by Gasteiger charge is 2.21. The van der Waals surface area contributed by atoms with Gasteiger partial charge in [0.15, 0.2) is 0 Å². The third-order valence-electron chi connectivity index (χ3n) is 3.29. The smallest absolute Gasteiger partial charge is 0.227 e. The highest BCUT2D eigenvalue weighted by atomic mass is 32.2. The van der Waals surface area contributed by atoms with E-state index in [1.165, 1.54) is 24.2 Å². The molecule has 0 aromatic rings. The molecule has 0 radical (unpaired) electrons. The molecule has 18 heavy (non-hydrogen) atoms. The van der Waals surface area contributed by atoms with Crippen LogP contribution >= 0.6 is 11.8 Å². The van der Waals surface area contributed by atoms with Crippen LogP contribution in [-0.4, -0.2) is 5.91 Å². The summed E-state index contributed by atoms with van der Waals surface area (Å²) in [4.78, 5) is 13.4. The van der Waals surface area contributed by atoms with Crippen LogP contribution in [0.2, 0.25) is 0 Å². The molecule has 0 bridgehead atoms. The van der Waals surface area contributed by atoms with Gasteiger partial charge < -0.3 is 5.32 Å². The first-order valence-electron chi connectivity index (χ1n) is 6.99. The minimum Gasteiger partial charge on any atom is -0.320 e. The van der Waals surface area contributed by atoms with Crippen molar-refractivity contribution in [3.63, 3.8) is 0 Å². The normalized spacial score (nSPS) is 18.8. The first-order chi connectivity index (χ1) is 8.67. The summed E-state index contributed by atoms with van der Waals surface area (Å²) in [5.74, 6) is 0.441. The van der Waals surface area contributed by atoms with Crippen molar-refractivity contribution in [3.05, 3.63) is 22.1 Å². The number of carbonyl (C=O) groups excluding carboxylic acids is 1. The minimum atomic E-state index is 0.214. The monoisotopic (exact) mass is 267 g/mol.